The highest BCUT2D eigenvalue weighted by molar-refractivity contribution is 6.05. The van der Waals surface area contributed by atoms with Crippen molar-refractivity contribution >= 4 is 11.8 Å². The first-order chi connectivity index (χ1) is 8.68. The maximum atomic E-state index is 12.2. The van der Waals surface area contributed by atoms with Crippen molar-refractivity contribution < 1.29 is 14.7 Å². The number of allylic oxidation sites excluding steroid dienone is 2. The van der Waals surface area contributed by atoms with Crippen molar-refractivity contribution in [2.75, 3.05) is 6.54 Å². The number of fused-ring (bicyclic) bond motifs is 1. The maximum Gasteiger partial charge on any atom is 0.233 e. The number of carbonyl (C=O) groups is 2. The Morgan fingerprint density at radius 1 is 1.11 bits per heavy atom. The predicted octanol–water partition coefficient (Wildman–Crippen LogP) is 1.10. The lowest BCUT2D eigenvalue weighted by atomic mass is 9.85. The van der Waals surface area contributed by atoms with Crippen LogP contribution in [0.2, 0.25) is 0 Å². The molecular formula is C14H19NO3. The standard InChI is InChI=1S/C14H19NO3/c16-12-7-3-4-9(12)8-15-13(17)10-5-1-2-6-11(10)14(15)18/h1-2,9-12,16H,3-8H2. The van der Waals surface area contributed by atoms with Gasteiger partial charge in [-0.2, -0.15) is 0 Å². The van der Waals surface area contributed by atoms with Gasteiger partial charge in [0, 0.05) is 12.5 Å². The first kappa shape index (κ1) is 11.9. The van der Waals surface area contributed by atoms with Gasteiger partial charge in [0.2, 0.25) is 11.8 Å². The molecule has 2 amide bonds. The predicted molar refractivity (Wildman–Crippen MR) is 65.4 cm³/mol. The van der Waals surface area contributed by atoms with E-state index in [0.29, 0.717) is 19.4 Å². The fraction of sp³-hybridized carbons (Fsp3) is 0.714. The van der Waals surface area contributed by atoms with Crippen molar-refractivity contribution in [3.63, 3.8) is 0 Å². The van der Waals surface area contributed by atoms with E-state index in [1.165, 1.54) is 4.90 Å². The summed E-state index contributed by atoms with van der Waals surface area (Å²) in [5.74, 6) is -0.227. The zero-order valence-electron chi connectivity index (χ0n) is 10.4. The molecule has 3 rings (SSSR count). The van der Waals surface area contributed by atoms with Crippen LogP contribution in [0.15, 0.2) is 12.2 Å². The van der Waals surface area contributed by atoms with Crippen molar-refractivity contribution in [2.24, 2.45) is 17.8 Å². The van der Waals surface area contributed by atoms with E-state index in [0.717, 1.165) is 19.3 Å². The largest absolute Gasteiger partial charge is 0.393 e. The third-order valence-corrected chi connectivity index (χ3v) is 4.63. The summed E-state index contributed by atoms with van der Waals surface area (Å²) in [5.41, 5.74) is 0. The second-order valence-corrected chi connectivity index (χ2v) is 5.70. The molecule has 0 radical (unpaired) electrons. The van der Waals surface area contributed by atoms with Gasteiger partial charge in [-0.15, -0.1) is 0 Å². The van der Waals surface area contributed by atoms with Gasteiger partial charge in [0.25, 0.3) is 0 Å². The number of aliphatic hydroxyl groups is 1. The molecule has 1 N–H and O–H groups in total. The minimum absolute atomic E-state index is 0.0200. The van der Waals surface area contributed by atoms with Gasteiger partial charge in [0.1, 0.15) is 0 Å². The molecule has 1 heterocycles. The van der Waals surface area contributed by atoms with Crippen molar-refractivity contribution in [1.82, 2.24) is 4.90 Å². The van der Waals surface area contributed by atoms with Crippen LogP contribution in [0.4, 0.5) is 0 Å². The second-order valence-electron chi connectivity index (χ2n) is 5.70. The highest BCUT2D eigenvalue weighted by atomic mass is 16.3. The van der Waals surface area contributed by atoms with Crippen LogP contribution in [0.1, 0.15) is 32.1 Å². The number of hydrogen-bond acceptors (Lipinski definition) is 3. The number of imide groups is 1. The van der Waals surface area contributed by atoms with Gasteiger partial charge in [0.15, 0.2) is 0 Å². The Kier molecular flexibility index (Phi) is 2.98. The molecule has 4 nitrogen and oxygen atoms in total. The molecule has 3 aliphatic rings. The van der Waals surface area contributed by atoms with Crippen molar-refractivity contribution in [2.45, 2.75) is 38.2 Å². The van der Waals surface area contributed by atoms with E-state index in [2.05, 4.69) is 0 Å². The fourth-order valence-corrected chi connectivity index (χ4v) is 3.51. The number of aliphatic hydroxyl groups excluding tert-OH is 1. The molecule has 1 saturated heterocycles. The Labute approximate surface area is 107 Å². The molecule has 18 heavy (non-hydrogen) atoms. The van der Waals surface area contributed by atoms with Crippen LogP contribution >= 0.6 is 0 Å². The summed E-state index contributed by atoms with van der Waals surface area (Å²) in [5, 5.41) is 9.82. The molecule has 1 saturated carbocycles. The highest BCUT2D eigenvalue weighted by Gasteiger charge is 2.48. The molecule has 4 heteroatoms. The topological polar surface area (TPSA) is 57.6 Å². The van der Waals surface area contributed by atoms with E-state index in [9.17, 15) is 14.7 Å². The van der Waals surface area contributed by atoms with Crippen molar-refractivity contribution in [3.8, 4) is 0 Å². The molecule has 4 unspecified atom stereocenters. The Bertz CT molecular complexity index is 378. The van der Waals surface area contributed by atoms with Gasteiger partial charge in [-0.3, -0.25) is 14.5 Å². The molecule has 2 fully saturated rings. The second kappa shape index (κ2) is 4.50. The van der Waals surface area contributed by atoms with E-state index < -0.39 is 0 Å². The minimum Gasteiger partial charge on any atom is -0.393 e. The average Bonchev–Trinajstić information content (AvgIpc) is 2.89. The van der Waals surface area contributed by atoms with Crippen LogP contribution in [0.25, 0.3) is 0 Å². The summed E-state index contributed by atoms with van der Waals surface area (Å²) in [6.07, 6.45) is 7.77. The van der Waals surface area contributed by atoms with Gasteiger partial charge < -0.3 is 5.11 Å². The molecule has 4 atom stereocenters. The van der Waals surface area contributed by atoms with Crippen LogP contribution in [-0.4, -0.2) is 34.5 Å². The van der Waals surface area contributed by atoms with Crippen molar-refractivity contribution in [3.05, 3.63) is 12.2 Å². The van der Waals surface area contributed by atoms with Gasteiger partial charge in [-0.25, -0.2) is 0 Å². The number of hydrogen-bond donors (Lipinski definition) is 1. The number of nitrogens with zero attached hydrogens (tertiary/aromatic N) is 1. The van der Waals surface area contributed by atoms with E-state index in [1.54, 1.807) is 0 Å². The Morgan fingerprint density at radius 3 is 2.22 bits per heavy atom. The summed E-state index contributed by atoms with van der Waals surface area (Å²) in [6.45, 7) is 0.422. The lowest BCUT2D eigenvalue weighted by Gasteiger charge is -2.21. The molecule has 0 aromatic carbocycles. The summed E-state index contributed by atoms with van der Waals surface area (Å²) in [6, 6.07) is 0. The molecule has 98 valence electrons. The number of amides is 2. The Hall–Kier alpha value is -1.16. The SMILES string of the molecule is O=C1C2CC=CCC2C(=O)N1CC1CCCC1O. The van der Waals surface area contributed by atoms with Gasteiger partial charge in [0.05, 0.1) is 17.9 Å². The third kappa shape index (κ3) is 1.79. The molecule has 0 bridgehead atoms. The molecule has 1 aliphatic heterocycles. The van der Waals surface area contributed by atoms with E-state index in [1.807, 2.05) is 12.2 Å². The molecular weight excluding hydrogens is 230 g/mol. The van der Waals surface area contributed by atoms with E-state index >= 15 is 0 Å². The normalized spacial score (nSPS) is 39.5. The van der Waals surface area contributed by atoms with Crippen LogP contribution in [0.3, 0.4) is 0 Å². The highest BCUT2D eigenvalue weighted by Crippen LogP contribution is 2.37. The number of carbonyl (C=O) groups excluding carboxylic acids is 2. The first-order valence-corrected chi connectivity index (χ1v) is 6.86. The zero-order chi connectivity index (χ0) is 12.7. The van der Waals surface area contributed by atoms with Crippen LogP contribution in [0.5, 0.6) is 0 Å². The zero-order valence-corrected chi connectivity index (χ0v) is 10.4. The average molecular weight is 249 g/mol. The molecule has 0 aromatic rings. The molecule has 2 aliphatic carbocycles. The molecule has 0 spiro atoms. The fourth-order valence-electron chi connectivity index (χ4n) is 3.51. The quantitative estimate of drug-likeness (QED) is 0.589. The first-order valence-electron chi connectivity index (χ1n) is 6.86. The lowest BCUT2D eigenvalue weighted by molar-refractivity contribution is -0.141. The van der Waals surface area contributed by atoms with Gasteiger partial charge in [-0.1, -0.05) is 18.6 Å². The summed E-state index contributed by atoms with van der Waals surface area (Å²) < 4.78 is 0. The molecule has 0 aromatic heterocycles. The summed E-state index contributed by atoms with van der Waals surface area (Å²) in [4.78, 5) is 25.9. The van der Waals surface area contributed by atoms with Crippen molar-refractivity contribution in [1.29, 1.82) is 0 Å². The lowest BCUT2D eigenvalue weighted by Crippen LogP contribution is -2.37. The van der Waals surface area contributed by atoms with Crippen LogP contribution < -0.4 is 0 Å². The summed E-state index contributed by atoms with van der Waals surface area (Å²) >= 11 is 0. The van der Waals surface area contributed by atoms with Gasteiger partial charge >= 0.3 is 0 Å². The Morgan fingerprint density at radius 2 is 1.72 bits per heavy atom. The smallest absolute Gasteiger partial charge is 0.233 e. The van der Waals surface area contributed by atoms with Crippen LogP contribution in [-0.2, 0) is 9.59 Å². The summed E-state index contributed by atoms with van der Waals surface area (Å²) in [7, 11) is 0. The maximum absolute atomic E-state index is 12.2. The van der Waals surface area contributed by atoms with E-state index in [4.69, 9.17) is 0 Å². The third-order valence-electron chi connectivity index (χ3n) is 4.63. The monoisotopic (exact) mass is 249 g/mol. The van der Waals surface area contributed by atoms with E-state index in [-0.39, 0.29) is 35.7 Å². The Balaban J connectivity index is 1.73. The minimum atomic E-state index is -0.341. The number of rotatable bonds is 2. The van der Waals surface area contributed by atoms with Gasteiger partial charge in [-0.05, 0) is 25.7 Å². The van der Waals surface area contributed by atoms with Crippen LogP contribution in [0, 0.1) is 17.8 Å². The number of likely N-dealkylation sites (tertiary alicyclic amines) is 1.